The molecule has 1 unspecified atom stereocenters. The molecule has 1 saturated heterocycles. The van der Waals surface area contributed by atoms with E-state index in [9.17, 15) is 18.0 Å². The van der Waals surface area contributed by atoms with Gasteiger partial charge in [0.1, 0.15) is 0 Å². The molecule has 1 fully saturated rings. The Hall–Kier alpha value is -2.26. The standard InChI is InChI=1S/C20H23F3N4OS/c1-26(2)17-9-10-27(12-17)16-6-4-15(5-7-16)25-18(28)13-29-19-8-3-14(11-24-19)20(21,22)23/h3-8,11,17H,9-10,12-13H2,1-2H3,(H,25,28). The molecule has 1 aliphatic rings. The second kappa shape index (κ2) is 9.04. The van der Waals surface area contributed by atoms with Crippen molar-refractivity contribution in [2.45, 2.75) is 23.7 Å². The predicted molar refractivity (Wildman–Crippen MR) is 109 cm³/mol. The zero-order valence-corrected chi connectivity index (χ0v) is 17.1. The summed E-state index contributed by atoms with van der Waals surface area (Å²) in [6.45, 7) is 1.99. The largest absolute Gasteiger partial charge is 0.417 e. The number of nitrogens with one attached hydrogen (secondary N) is 1. The smallest absolute Gasteiger partial charge is 0.370 e. The van der Waals surface area contributed by atoms with E-state index in [-0.39, 0.29) is 11.7 Å². The first-order valence-corrected chi connectivity index (χ1v) is 10.2. The number of carbonyl (C=O) groups is 1. The lowest BCUT2D eigenvalue weighted by Gasteiger charge is -2.22. The number of carbonyl (C=O) groups excluding carboxylic acids is 1. The van der Waals surface area contributed by atoms with Gasteiger partial charge in [-0.3, -0.25) is 4.79 Å². The van der Waals surface area contributed by atoms with Gasteiger partial charge in [-0.15, -0.1) is 0 Å². The van der Waals surface area contributed by atoms with E-state index >= 15 is 0 Å². The number of hydrogen-bond donors (Lipinski definition) is 1. The Kier molecular flexibility index (Phi) is 6.69. The molecule has 1 amide bonds. The molecule has 0 bridgehead atoms. The van der Waals surface area contributed by atoms with Crippen LogP contribution in [0.4, 0.5) is 24.5 Å². The molecule has 9 heteroatoms. The third-order valence-electron chi connectivity index (χ3n) is 4.82. The molecule has 5 nitrogen and oxygen atoms in total. The summed E-state index contributed by atoms with van der Waals surface area (Å²) < 4.78 is 37.6. The van der Waals surface area contributed by atoms with E-state index in [4.69, 9.17) is 0 Å². The van der Waals surface area contributed by atoms with Crippen molar-refractivity contribution in [1.29, 1.82) is 0 Å². The Bertz CT molecular complexity index is 825. The molecule has 0 spiro atoms. The van der Waals surface area contributed by atoms with Crippen LogP contribution in [0.3, 0.4) is 0 Å². The average molecular weight is 424 g/mol. The molecule has 0 aliphatic carbocycles. The second-order valence-electron chi connectivity index (χ2n) is 7.12. The summed E-state index contributed by atoms with van der Waals surface area (Å²) in [5.74, 6) is -0.171. The maximum Gasteiger partial charge on any atom is 0.417 e. The molecule has 1 aromatic carbocycles. The van der Waals surface area contributed by atoms with Crippen molar-refractivity contribution in [2.24, 2.45) is 0 Å². The molecule has 2 aromatic rings. The maximum atomic E-state index is 12.5. The molecular weight excluding hydrogens is 401 g/mol. The molecule has 0 radical (unpaired) electrons. The molecule has 156 valence electrons. The number of anilines is 2. The van der Waals surface area contributed by atoms with Gasteiger partial charge in [0, 0.05) is 36.7 Å². The highest BCUT2D eigenvalue weighted by atomic mass is 32.2. The minimum atomic E-state index is -4.41. The van der Waals surface area contributed by atoms with Crippen LogP contribution in [-0.4, -0.2) is 54.8 Å². The van der Waals surface area contributed by atoms with Crippen molar-refractivity contribution in [3.05, 3.63) is 48.2 Å². The number of aromatic nitrogens is 1. The highest BCUT2D eigenvalue weighted by molar-refractivity contribution is 7.99. The number of rotatable bonds is 6. The first-order valence-electron chi connectivity index (χ1n) is 9.20. The maximum absolute atomic E-state index is 12.5. The zero-order chi connectivity index (χ0) is 21.0. The van der Waals surface area contributed by atoms with Crippen molar-refractivity contribution in [2.75, 3.05) is 43.2 Å². The van der Waals surface area contributed by atoms with Crippen LogP contribution in [-0.2, 0) is 11.0 Å². The Morgan fingerprint density at radius 2 is 1.97 bits per heavy atom. The second-order valence-corrected chi connectivity index (χ2v) is 8.11. The van der Waals surface area contributed by atoms with Crippen molar-refractivity contribution < 1.29 is 18.0 Å². The summed E-state index contributed by atoms with van der Waals surface area (Å²) in [5, 5.41) is 3.17. The monoisotopic (exact) mass is 424 g/mol. The van der Waals surface area contributed by atoms with Gasteiger partial charge in [0.25, 0.3) is 0 Å². The topological polar surface area (TPSA) is 48.5 Å². The van der Waals surface area contributed by atoms with E-state index in [2.05, 4.69) is 34.2 Å². The Labute approximate surface area is 172 Å². The summed E-state index contributed by atoms with van der Waals surface area (Å²) in [4.78, 5) is 20.4. The number of nitrogens with zero attached hydrogens (tertiary/aromatic N) is 3. The van der Waals surface area contributed by atoms with Crippen LogP contribution in [0.2, 0.25) is 0 Å². The molecule has 1 aliphatic heterocycles. The van der Waals surface area contributed by atoms with Gasteiger partial charge in [0.05, 0.1) is 16.3 Å². The van der Waals surface area contributed by atoms with Gasteiger partial charge in [0.2, 0.25) is 5.91 Å². The quantitative estimate of drug-likeness (QED) is 0.711. The third kappa shape index (κ3) is 5.86. The van der Waals surface area contributed by atoms with E-state index in [1.54, 1.807) is 0 Å². The number of thioether (sulfide) groups is 1. The molecule has 29 heavy (non-hydrogen) atoms. The molecule has 1 atom stereocenters. The minimum absolute atomic E-state index is 0.0662. The van der Waals surface area contributed by atoms with E-state index in [0.717, 1.165) is 49.2 Å². The number of pyridine rings is 1. The van der Waals surface area contributed by atoms with Gasteiger partial charge in [-0.2, -0.15) is 13.2 Å². The number of halogens is 3. The third-order valence-corrected chi connectivity index (χ3v) is 5.77. The molecule has 1 N–H and O–H groups in total. The van der Waals surface area contributed by atoms with Crippen LogP contribution >= 0.6 is 11.8 Å². The van der Waals surface area contributed by atoms with E-state index in [1.807, 2.05) is 24.3 Å². The number of likely N-dealkylation sites (N-methyl/N-ethyl adjacent to an activating group) is 1. The van der Waals surface area contributed by atoms with Crippen LogP contribution in [0.1, 0.15) is 12.0 Å². The van der Waals surface area contributed by atoms with E-state index in [0.29, 0.717) is 16.8 Å². The van der Waals surface area contributed by atoms with Crippen LogP contribution < -0.4 is 10.2 Å². The lowest BCUT2D eigenvalue weighted by atomic mass is 10.2. The Morgan fingerprint density at radius 1 is 1.24 bits per heavy atom. The summed E-state index contributed by atoms with van der Waals surface area (Å²) >= 11 is 1.09. The number of hydrogen-bond acceptors (Lipinski definition) is 5. The van der Waals surface area contributed by atoms with Crippen LogP contribution in [0.15, 0.2) is 47.6 Å². The van der Waals surface area contributed by atoms with Crippen molar-refractivity contribution in [3.8, 4) is 0 Å². The first-order chi connectivity index (χ1) is 13.7. The van der Waals surface area contributed by atoms with Gasteiger partial charge in [-0.25, -0.2) is 4.98 Å². The first kappa shape index (κ1) is 21.4. The van der Waals surface area contributed by atoms with Gasteiger partial charge in [-0.05, 0) is 56.9 Å². The van der Waals surface area contributed by atoms with Crippen LogP contribution in [0.5, 0.6) is 0 Å². The van der Waals surface area contributed by atoms with Crippen molar-refractivity contribution in [3.63, 3.8) is 0 Å². The van der Waals surface area contributed by atoms with Crippen LogP contribution in [0, 0.1) is 0 Å². The lowest BCUT2D eigenvalue weighted by molar-refractivity contribution is -0.137. The normalized spacial score (nSPS) is 17.0. The molecule has 0 saturated carbocycles. The highest BCUT2D eigenvalue weighted by Crippen LogP contribution is 2.29. The minimum Gasteiger partial charge on any atom is -0.370 e. The summed E-state index contributed by atoms with van der Waals surface area (Å²) in [6, 6.07) is 10.5. The van der Waals surface area contributed by atoms with E-state index < -0.39 is 11.7 Å². The zero-order valence-electron chi connectivity index (χ0n) is 16.2. The molecule has 1 aromatic heterocycles. The fourth-order valence-corrected chi connectivity index (χ4v) is 3.77. The van der Waals surface area contributed by atoms with Gasteiger partial charge in [-0.1, -0.05) is 11.8 Å². The van der Waals surface area contributed by atoms with Gasteiger partial charge >= 0.3 is 6.18 Å². The molecule has 3 rings (SSSR count). The SMILES string of the molecule is CN(C)C1CCN(c2ccc(NC(=O)CSc3ccc(C(F)(F)F)cn3)cc2)C1. The van der Waals surface area contributed by atoms with Gasteiger partial charge in [0.15, 0.2) is 0 Å². The van der Waals surface area contributed by atoms with Crippen LogP contribution in [0.25, 0.3) is 0 Å². The Morgan fingerprint density at radius 3 is 2.52 bits per heavy atom. The molecule has 2 heterocycles. The predicted octanol–water partition coefficient (Wildman–Crippen LogP) is 3.97. The fraction of sp³-hybridized carbons (Fsp3) is 0.400. The highest BCUT2D eigenvalue weighted by Gasteiger charge is 2.30. The summed E-state index contributed by atoms with van der Waals surface area (Å²) in [7, 11) is 4.18. The number of benzene rings is 1. The average Bonchev–Trinajstić information content (AvgIpc) is 3.17. The van der Waals surface area contributed by atoms with Gasteiger partial charge < -0.3 is 15.1 Å². The fourth-order valence-electron chi connectivity index (χ4n) is 3.12. The summed E-state index contributed by atoms with van der Waals surface area (Å²) in [6.07, 6.45) is -2.51. The number of amides is 1. The van der Waals surface area contributed by atoms with Crippen molar-refractivity contribution in [1.82, 2.24) is 9.88 Å². The van der Waals surface area contributed by atoms with E-state index in [1.165, 1.54) is 6.07 Å². The summed E-state index contributed by atoms with van der Waals surface area (Å²) in [5.41, 5.74) is 1.00. The lowest BCUT2D eigenvalue weighted by Crippen LogP contribution is -2.31. The molecular formula is C20H23F3N4OS. The number of alkyl halides is 3. The Balaban J connectivity index is 1.48. The van der Waals surface area contributed by atoms with Crippen molar-refractivity contribution >= 4 is 29.0 Å².